The summed E-state index contributed by atoms with van der Waals surface area (Å²) >= 11 is 1.74. The van der Waals surface area contributed by atoms with E-state index in [-0.39, 0.29) is 28.3 Å². The van der Waals surface area contributed by atoms with Gasteiger partial charge in [-0.1, -0.05) is 24.3 Å². The third kappa shape index (κ3) is 6.69. The normalized spacial score (nSPS) is 20.2. The van der Waals surface area contributed by atoms with Crippen LogP contribution in [0.3, 0.4) is 0 Å². The minimum absolute atomic E-state index is 0.00393. The molecule has 4 aliphatic carbocycles. The van der Waals surface area contributed by atoms with Crippen molar-refractivity contribution in [1.29, 1.82) is 0 Å². The molecule has 4 aliphatic rings. The Hall–Kier alpha value is -4.46. The van der Waals surface area contributed by atoms with Crippen molar-refractivity contribution in [1.82, 2.24) is 25.3 Å². The van der Waals surface area contributed by atoms with Crippen molar-refractivity contribution < 1.29 is 23.1 Å². The molecule has 9 rings (SSSR count). The number of benzene rings is 2. The number of aromatic nitrogens is 4. The number of carboxylic acids is 1. The van der Waals surface area contributed by atoms with Gasteiger partial charge in [0.2, 0.25) is 11.8 Å². The third-order valence-corrected chi connectivity index (χ3v) is 12.7. The van der Waals surface area contributed by atoms with Gasteiger partial charge in [-0.2, -0.15) is 4.98 Å². The average molecular weight is 711 g/mol. The Balaban J connectivity index is 1.05. The number of nitrogens with zero attached hydrogens (tertiary/aromatic N) is 4. The molecule has 11 nitrogen and oxygen atoms in total. The van der Waals surface area contributed by atoms with Gasteiger partial charge < -0.3 is 15.2 Å². The van der Waals surface area contributed by atoms with Gasteiger partial charge in [-0.05, 0) is 105 Å². The van der Waals surface area contributed by atoms with Gasteiger partial charge in [0.1, 0.15) is 17.0 Å². The summed E-state index contributed by atoms with van der Waals surface area (Å²) < 4.78 is 35.7. The van der Waals surface area contributed by atoms with Crippen LogP contribution in [0.4, 0.5) is 5.95 Å². The largest absolute Gasteiger partial charge is 0.478 e. The summed E-state index contributed by atoms with van der Waals surface area (Å²) in [6.07, 6.45) is 9.04. The molecule has 13 heteroatoms. The second-order valence-electron chi connectivity index (χ2n) is 14.2. The lowest BCUT2D eigenvalue weighted by atomic mass is 9.43. The Labute approximate surface area is 294 Å². The molecule has 5 aromatic rings. The molecule has 0 aliphatic heterocycles. The molecule has 3 heterocycles. The van der Waals surface area contributed by atoms with Crippen LogP contribution in [0.5, 0.6) is 5.88 Å². The molecular formula is C37H38N6O5S2. The van der Waals surface area contributed by atoms with Gasteiger partial charge in [0.25, 0.3) is 10.0 Å². The number of carbonyl (C=O) groups is 1. The number of sulfonamides is 1. The molecule has 0 spiro atoms. The predicted octanol–water partition coefficient (Wildman–Crippen LogP) is 6.87. The van der Waals surface area contributed by atoms with Crippen LogP contribution in [0.2, 0.25) is 0 Å². The van der Waals surface area contributed by atoms with Crippen LogP contribution in [0.15, 0.2) is 65.7 Å². The second-order valence-corrected chi connectivity index (χ2v) is 16.9. The minimum atomic E-state index is -4.22. The van der Waals surface area contributed by atoms with E-state index in [2.05, 4.69) is 26.1 Å². The van der Waals surface area contributed by atoms with Gasteiger partial charge in [0.05, 0.1) is 28.0 Å². The average Bonchev–Trinajstić information content (AvgIpc) is 3.81. The maximum atomic E-state index is 13.4. The van der Waals surface area contributed by atoms with Gasteiger partial charge in [0, 0.05) is 29.1 Å². The molecule has 4 fully saturated rings. The third-order valence-electron chi connectivity index (χ3n) is 10.2. The lowest BCUT2D eigenvalue weighted by Gasteiger charge is -2.63. The molecule has 1 atom stereocenters. The highest BCUT2D eigenvalue weighted by atomic mass is 32.2. The van der Waals surface area contributed by atoms with Gasteiger partial charge in [-0.25, -0.2) is 32.9 Å². The number of aryl methyl sites for hydroxylation is 2. The molecule has 2 aromatic carbocycles. The fraction of sp³-hybridized carbons (Fsp3) is 0.378. The van der Waals surface area contributed by atoms with E-state index in [1.54, 1.807) is 17.4 Å². The van der Waals surface area contributed by atoms with Crippen LogP contribution in [-0.4, -0.2) is 52.1 Å². The Bertz CT molecular complexity index is 2200. The number of hydrogen-bond donors (Lipinski definition) is 3. The first-order valence-corrected chi connectivity index (χ1v) is 19.3. The summed E-state index contributed by atoms with van der Waals surface area (Å²) in [5, 5.41) is 13.1. The number of rotatable bonds is 14. The molecule has 0 unspecified atom stereocenters. The number of anilines is 1. The summed E-state index contributed by atoms with van der Waals surface area (Å²) in [7, 11) is -4.22. The molecule has 258 valence electrons. The Morgan fingerprint density at radius 2 is 1.80 bits per heavy atom. The van der Waals surface area contributed by atoms with Crippen molar-refractivity contribution in [3.63, 3.8) is 0 Å². The minimum Gasteiger partial charge on any atom is -0.478 e. The summed E-state index contributed by atoms with van der Waals surface area (Å²) in [5.74, 6) is 0.344. The van der Waals surface area contributed by atoms with Crippen molar-refractivity contribution in [3.05, 3.63) is 88.1 Å². The smallest absolute Gasteiger partial charge is 0.335 e. The number of nitrogens with one attached hydrogen (secondary N) is 2. The predicted molar refractivity (Wildman–Crippen MR) is 191 cm³/mol. The molecule has 0 radical (unpaired) electrons. The van der Waals surface area contributed by atoms with Crippen LogP contribution in [0.25, 0.3) is 21.6 Å². The number of ether oxygens (including phenoxy) is 1. The van der Waals surface area contributed by atoms with Gasteiger partial charge in [-0.15, -0.1) is 11.3 Å². The van der Waals surface area contributed by atoms with E-state index >= 15 is 0 Å². The Kier molecular flexibility index (Phi) is 8.31. The SMILES string of the molecule is Cc1cccc(C)c1-c1cc(OC[C@@H](CC23CC(C2)C3)NCc2cnc3sc(C4CC4)cc3n2)nc(NS(=O)(=O)c2cccc(C(=O)O)c2)n1. The summed E-state index contributed by atoms with van der Waals surface area (Å²) in [6.45, 7) is 4.80. The van der Waals surface area contributed by atoms with E-state index in [4.69, 9.17) is 14.7 Å². The molecular weight excluding hydrogens is 673 g/mol. The monoisotopic (exact) mass is 710 g/mol. The van der Waals surface area contributed by atoms with E-state index in [1.807, 2.05) is 38.2 Å². The van der Waals surface area contributed by atoms with Crippen molar-refractivity contribution in [2.45, 2.75) is 75.8 Å². The van der Waals surface area contributed by atoms with Crippen LogP contribution in [0, 0.1) is 25.2 Å². The molecule has 4 saturated carbocycles. The number of carboxylic acid groups (broad SMARTS) is 1. The summed E-state index contributed by atoms with van der Waals surface area (Å²) in [4.78, 5) is 32.4. The zero-order valence-electron chi connectivity index (χ0n) is 27.8. The highest BCUT2D eigenvalue weighted by Crippen LogP contribution is 2.66. The zero-order chi connectivity index (χ0) is 34.6. The highest BCUT2D eigenvalue weighted by Gasteiger charge is 2.56. The van der Waals surface area contributed by atoms with Crippen LogP contribution >= 0.6 is 11.3 Å². The number of aromatic carboxylic acids is 1. The van der Waals surface area contributed by atoms with E-state index in [0.717, 1.165) is 51.1 Å². The molecule has 3 aromatic heterocycles. The van der Waals surface area contributed by atoms with Crippen molar-refractivity contribution >= 4 is 43.6 Å². The second kappa shape index (κ2) is 12.7. The van der Waals surface area contributed by atoms with Crippen molar-refractivity contribution in [2.75, 3.05) is 11.3 Å². The van der Waals surface area contributed by atoms with Crippen LogP contribution in [0.1, 0.15) is 76.5 Å². The van der Waals surface area contributed by atoms with Crippen molar-refractivity contribution in [3.8, 4) is 17.1 Å². The Morgan fingerprint density at radius 1 is 1.04 bits per heavy atom. The Morgan fingerprint density at radius 3 is 2.50 bits per heavy atom. The quantitative estimate of drug-likeness (QED) is 0.111. The lowest BCUT2D eigenvalue weighted by molar-refractivity contribution is -0.119. The first kappa shape index (κ1) is 32.7. The van der Waals surface area contributed by atoms with Gasteiger partial charge >= 0.3 is 5.97 Å². The molecule has 0 amide bonds. The first-order chi connectivity index (χ1) is 24.0. The maximum absolute atomic E-state index is 13.4. The van der Waals surface area contributed by atoms with E-state index < -0.39 is 16.0 Å². The standard InChI is InChI=1S/C37H38N6O5S2/c1-21-5-3-6-22(2)33(21)29-13-32(42-36(41-29)43-50(46,47)28-8-4-7-25(11-28)35(44)45)48-20-26(17-37-14-23(15-37)16-37)38-18-27-19-39-34-30(40-27)12-31(49-34)24-9-10-24/h3-8,11-13,19,23-24,26,38H,9-10,14-18,20H2,1-2H3,(H,44,45)(H,41,42,43)/t23?,26-,37?/m1/s1. The molecule has 3 N–H and O–H groups in total. The number of fused-ring (bicyclic) bond motifs is 1. The highest BCUT2D eigenvalue weighted by molar-refractivity contribution is 7.92. The maximum Gasteiger partial charge on any atom is 0.335 e. The van der Waals surface area contributed by atoms with Gasteiger partial charge in [-0.3, -0.25) is 0 Å². The molecule has 2 bridgehead atoms. The van der Waals surface area contributed by atoms with Gasteiger partial charge in [0.15, 0.2) is 0 Å². The topological polar surface area (TPSA) is 156 Å². The van der Waals surface area contributed by atoms with E-state index in [0.29, 0.717) is 30.2 Å². The number of hydrogen-bond acceptors (Lipinski definition) is 10. The van der Waals surface area contributed by atoms with Crippen LogP contribution < -0.4 is 14.8 Å². The fourth-order valence-electron chi connectivity index (χ4n) is 7.46. The van der Waals surface area contributed by atoms with E-state index in [1.165, 1.54) is 55.2 Å². The first-order valence-electron chi connectivity index (χ1n) is 17.0. The van der Waals surface area contributed by atoms with Crippen LogP contribution in [-0.2, 0) is 16.6 Å². The summed E-state index contributed by atoms with van der Waals surface area (Å²) in [6, 6.07) is 15.0. The van der Waals surface area contributed by atoms with E-state index in [9.17, 15) is 18.3 Å². The lowest BCUT2D eigenvalue weighted by Crippen LogP contribution is -2.55. The molecule has 0 saturated heterocycles. The zero-order valence-corrected chi connectivity index (χ0v) is 29.5. The van der Waals surface area contributed by atoms with Crippen molar-refractivity contribution in [2.24, 2.45) is 11.3 Å². The summed E-state index contributed by atoms with van der Waals surface area (Å²) in [5.41, 5.74) is 5.32. The molecule has 50 heavy (non-hydrogen) atoms. The number of thiophene rings is 1. The fourth-order valence-corrected chi connectivity index (χ4v) is 9.56.